The van der Waals surface area contributed by atoms with E-state index in [-0.39, 0.29) is 11.8 Å². The van der Waals surface area contributed by atoms with Gasteiger partial charge < -0.3 is 10.2 Å². The highest BCUT2D eigenvalue weighted by molar-refractivity contribution is 6.03. The van der Waals surface area contributed by atoms with Gasteiger partial charge >= 0.3 is 0 Å². The van der Waals surface area contributed by atoms with Crippen LogP contribution in [0.3, 0.4) is 0 Å². The molecule has 1 aliphatic rings. The van der Waals surface area contributed by atoms with Gasteiger partial charge in [0.2, 0.25) is 0 Å². The van der Waals surface area contributed by atoms with Crippen LogP contribution in [0.25, 0.3) is 11.3 Å². The Morgan fingerprint density at radius 3 is 2.44 bits per heavy atom. The van der Waals surface area contributed by atoms with Crippen LogP contribution in [0.15, 0.2) is 79.4 Å². The summed E-state index contributed by atoms with van der Waals surface area (Å²) >= 11 is 0. The number of amides is 2. The number of likely N-dealkylation sites (tertiary alicyclic amines) is 1. The molecule has 1 N–H and O–H groups in total. The maximum atomic E-state index is 13.5. The van der Waals surface area contributed by atoms with Crippen molar-refractivity contribution < 1.29 is 9.59 Å². The van der Waals surface area contributed by atoms with E-state index in [0.717, 1.165) is 41.0 Å². The third-order valence-corrected chi connectivity index (χ3v) is 7.38. The quantitative estimate of drug-likeness (QED) is 0.360. The molecule has 196 valence electrons. The van der Waals surface area contributed by atoms with Crippen LogP contribution < -0.4 is 5.32 Å². The Hall–Kier alpha value is -4.79. The van der Waals surface area contributed by atoms with Crippen LogP contribution in [-0.4, -0.2) is 54.2 Å². The summed E-state index contributed by atoms with van der Waals surface area (Å²) in [5, 5.41) is 10.9. The maximum absolute atomic E-state index is 13.5. The average Bonchev–Trinajstić information content (AvgIpc) is 3.63. The number of hydrogen-bond acceptors (Lipinski definition) is 5. The molecule has 39 heavy (non-hydrogen) atoms. The number of anilines is 1. The molecule has 0 radical (unpaired) electrons. The van der Waals surface area contributed by atoms with Crippen LogP contribution in [0.2, 0.25) is 0 Å². The van der Waals surface area contributed by atoms with Crippen molar-refractivity contribution >= 4 is 23.1 Å². The van der Waals surface area contributed by atoms with Crippen LogP contribution in [-0.2, 0) is 0 Å². The second kappa shape index (κ2) is 10.2. The molecule has 4 heterocycles. The van der Waals surface area contributed by atoms with Crippen molar-refractivity contribution in [2.24, 2.45) is 0 Å². The first-order valence-electron chi connectivity index (χ1n) is 13.1. The summed E-state index contributed by atoms with van der Waals surface area (Å²) in [4.78, 5) is 32.6. The van der Waals surface area contributed by atoms with Gasteiger partial charge in [0, 0.05) is 25.0 Å². The zero-order valence-electron chi connectivity index (χ0n) is 21.9. The molecule has 0 aliphatic carbocycles. The molecule has 0 unspecified atom stereocenters. The first-order valence-corrected chi connectivity index (χ1v) is 13.1. The van der Waals surface area contributed by atoms with Crippen molar-refractivity contribution in [3.63, 3.8) is 0 Å². The van der Waals surface area contributed by atoms with Gasteiger partial charge in [-0.25, -0.2) is 9.67 Å². The molecule has 3 aromatic heterocycles. The third kappa shape index (κ3) is 4.90. The van der Waals surface area contributed by atoms with Crippen LogP contribution >= 0.6 is 0 Å². The van der Waals surface area contributed by atoms with E-state index in [1.165, 1.54) is 5.56 Å². The van der Waals surface area contributed by atoms with Crippen molar-refractivity contribution in [1.82, 2.24) is 29.3 Å². The van der Waals surface area contributed by atoms with E-state index in [9.17, 15) is 9.59 Å². The van der Waals surface area contributed by atoms with E-state index in [4.69, 9.17) is 0 Å². The molecule has 0 bridgehead atoms. The molecule has 9 nitrogen and oxygen atoms in total. The van der Waals surface area contributed by atoms with E-state index in [1.807, 2.05) is 67.4 Å². The van der Waals surface area contributed by atoms with E-state index in [1.54, 1.807) is 27.7 Å². The van der Waals surface area contributed by atoms with Crippen molar-refractivity contribution in [3.05, 3.63) is 107 Å². The Bertz CT molecular complexity index is 1650. The highest BCUT2D eigenvalue weighted by Gasteiger charge is 2.26. The van der Waals surface area contributed by atoms with Gasteiger partial charge in [-0.1, -0.05) is 29.0 Å². The lowest BCUT2D eigenvalue weighted by Crippen LogP contribution is -2.38. The average molecular weight is 520 g/mol. The van der Waals surface area contributed by atoms with E-state index >= 15 is 0 Å². The van der Waals surface area contributed by atoms with E-state index in [2.05, 4.69) is 32.7 Å². The second-order valence-electron chi connectivity index (χ2n) is 10.1. The minimum absolute atomic E-state index is 0.0169. The van der Waals surface area contributed by atoms with Crippen LogP contribution in [0, 0.1) is 13.8 Å². The fourth-order valence-corrected chi connectivity index (χ4v) is 5.23. The highest BCUT2D eigenvalue weighted by atomic mass is 16.2. The largest absolute Gasteiger partial charge is 0.339 e. The summed E-state index contributed by atoms with van der Waals surface area (Å²) in [6.45, 7) is 5.35. The lowest BCUT2D eigenvalue weighted by Gasteiger charge is -2.32. The van der Waals surface area contributed by atoms with Gasteiger partial charge in [0.05, 0.1) is 29.8 Å². The lowest BCUT2D eigenvalue weighted by molar-refractivity contribution is 0.0712. The fraction of sp³-hybridized carbons (Fsp3) is 0.233. The molecular formula is C30H29N7O2. The molecule has 0 spiro atoms. The summed E-state index contributed by atoms with van der Waals surface area (Å²) < 4.78 is 3.42. The minimum Gasteiger partial charge on any atom is -0.339 e. The number of aromatic nitrogens is 5. The smallest absolute Gasteiger partial charge is 0.274 e. The van der Waals surface area contributed by atoms with Gasteiger partial charge in [-0.05, 0) is 80.1 Å². The van der Waals surface area contributed by atoms with Gasteiger partial charge in [-0.3, -0.25) is 14.0 Å². The predicted octanol–water partition coefficient (Wildman–Crippen LogP) is 4.80. The number of nitrogens with one attached hydrogen (secondary N) is 1. The van der Waals surface area contributed by atoms with Crippen molar-refractivity contribution in [3.8, 4) is 5.69 Å². The molecular weight excluding hydrogens is 490 g/mol. The normalized spacial score (nSPS) is 14.1. The number of fused-ring (bicyclic) bond motifs is 1. The van der Waals surface area contributed by atoms with Crippen molar-refractivity contribution in [2.45, 2.75) is 32.6 Å². The van der Waals surface area contributed by atoms with E-state index in [0.29, 0.717) is 30.3 Å². The number of aryl methyl sites for hydroxylation is 2. The number of piperidine rings is 1. The lowest BCUT2D eigenvalue weighted by atomic mass is 9.89. The van der Waals surface area contributed by atoms with Gasteiger partial charge in [0.15, 0.2) is 0 Å². The van der Waals surface area contributed by atoms with Crippen LogP contribution in [0.4, 0.5) is 5.69 Å². The van der Waals surface area contributed by atoms with Gasteiger partial charge in [0.25, 0.3) is 11.8 Å². The number of carbonyl (C=O) groups excluding carboxylic acids is 2. The molecule has 2 aromatic carbocycles. The topological polar surface area (TPSA) is 97.4 Å². The summed E-state index contributed by atoms with van der Waals surface area (Å²) in [5.74, 6) is 0.170. The van der Waals surface area contributed by atoms with Crippen LogP contribution in [0.5, 0.6) is 0 Å². The maximum Gasteiger partial charge on any atom is 0.274 e. The number of nitrogens with zero attached hydrogens (tertiary/aromatic N) is 6. The minimum atomic E-state index is -0.202. The summed E-state index contributed by atoms with van der Waals surface area (Å²) in [6.07, 6.45) is 8.57. The highest BCUT2D eigenvalue weighted by Crippen LogP contribution is 2.30. The van der Waals surface area contributed by atoms with Gasteiger partial charge in [-0.15, -0.1) is 5.10 Å². The molecule has 0 saturated carbocycles. The monoisotopic (exact) mass is 519 g/mol. The number of carbonyl (C=O) groups is 2. The van der Waals surface area contributed by atoms with Crippen molar-refractivity contribution in [1.29, 1.82) is 0 Å². The number of rotatable bonds is 5. The second-order valence-corrected chi connectivity index (χ2v) is 10.1. The molecule has 1 fully saturated rings. The van der Waals surface area contributed by atoms with Crippen molar-refractivity contribution in [2.75, 3.05) is 18.4 Å². The predicted molar refractivity (Wildman–Crippen MR) is 148 cm³/mol. The molecule has 6 rings (SSSR count). The first-order chi connectivity index (χ1) is 19.0. The first kappa shape index (κ1) is 24.5. The summed E-state index contributed by atoms with van der Waals surface area (Å²) in [6, 6.07) is 17.7. The van der Waals surface area contributed by atoms with Gasteiger partial charge in [-0.2, -0.15) is 0 Å². The SMILES string of the molecule is Cc1ccc(-n2ccnn2)c(C(=O)N2CCC(c3ccc(NC(=O)c4cnc5cc(C)ccn45)cc3)CC2)c1. The molecule has 1 saturated heterocycles. The third-order valence-electron chi connectivity index (χ3n) is 7.38. The Kier molecular flexibility index (Phi) is 6.40. The molecule has 1 aliphatic heterocycles. The van der Waals surface area contributed by atoms with E-state index < -0.39 is 0 Å². The fourth-order valence-electron chi connectivity index (χ4n) is 5.23. The zero-order valence-corrected chi connectivity index (χ0v) is 21.9. The Balaban J connectivity index is 1.10. The molecule has 0 atom stereocenters. The molecule has 9 heteroatoms. The summed E-state index contributed by atoms with van der Waals surface area (Å²) in [7, 11) is 0. The standard InChI is InChI=1S/C30H29N7O2/c1-20-3-8-26(37-16-12-32-34-37)25(17-20)30(39)35-13-10-23(11-14-35)22-4-6-24(7-5-22)33-29(38)27-19-31-28-18-21(2)9-15-36(27)28/h3-9,12,15-19,23H,10-11,13-14H2,1-2H3,(H,33,38). The van der Waals surface area contributed by atoms with Crippen LogP contribution in [0.1, 0.15) is 56.3 Å². The van der Waals surface area contributed by atoms with Gasteiger partial charge in [0.1, 0.15) is 11.3 Å². The number of imidazole rings is 1. The Morgan fingerprint density at radius 2 is 1.69 bits per heavy atom. The number of pyridine rings is 1. The molecule has 5 aromatic rings. The Morgan fingerprint density at radius 1 is 0.923 bits per heavy atom. The summed E-state index contributed by atoms with van der Waals surface area (Å²) in [5.41, 5.74) is 6.69. The Labute approximate surface area is 226 Å². The zero-order chi connectivity index (χ0) is 26.9. The number of hydrogen-bond donors (Lipinski definition) is 1. The number of benzene rings is 2. The molecule has 2 amide bonds.